The van der Waals surface area contributed by atoms with E-state index in [2.05, 4.69) is 598 Å². The van der Waals surface area contributed by atoms with Crippen molar-refractivity contribution in [2.45, 2.75) is 0 Å². The van der Waals surface area contributed by atoms with E-state index in [9.17, 15) is 0 Å². The molecule has 0 N–H and O–H groups in total. The van der Waals surface area contributed by atoms with Crippen LogP contribution < -0.4 is 34.3 Å². The second-order valence-electron chi connectivity index (χ2n) is 32.9. The van der Waals surface area contributed by atoms with Gasteiger partial charge in [-0.2, -0.15) is 0 Å². The van der Waals surface area contributed by atoms with Gasteiger partial charge in [0.2, 0.25) is 0 Å². The van der Waals surface area contributed by atoms with Crippen molar-refractivity contribution in [1.82, 2.24) is 0 Å². The summed E-state index contributed by atoms with van der Waals surface area (Å²) < 4.78 is 0. The Morgan fingerprint density at radius 1 is 0.0827 bits per heavy atom. The van der Waals surface area contributed by atoms with Crippen LogP contribution in [0.2, 0.25) is 0 Å². The summed E-state index contributed by atoms with van der Waals surface area (Å²) in [6.45, 7) is 0. The normalized spacial score (nSPS) is 11.0. The lowest BCUT2D eigenvalue weighted by molar-refractivity contribution is 1.27. The zero-order chi connectivity index (χ0) is 88.9. The molecule has 632 valence electrons. The standard InChI is InChI=1S/C126H93N7/c1-13-37-103(38-14-1)127(104-39-15-2-16-40-104)115-76-61-94(62-77-115)100-73-88-124(121(91-100)97-67-82-118(83-68-97)130(109-49-25-7-26-50-109)110-51-27-8-28-52-110)133(125-89-74-101(95-63-78-116(79-64-95)128(105-41-17-3-18-42-105)106-43-19-4-20-44-106)92-122(125)98-69-84-119(85-70-98)131(111-53-29-9-30-54-111)112-55-31-10-32-56-112)126-90-75-102(96-65-80-117(81-66-96)129(107-45-21-5-22-46-107)108-47-23-6-24-48-108)93-123(126)99-71-86-120(87-72-99)132(113-57-33-11-34-58-113)114-59-35-12-36-60-114/h1-93H. The van der Waals surface area contributed by atoms with Gasteiger partial charge in [0.05, 0.1) is 17.1 Å². The molecule has 21 rings (SSSR count). The fourth-order valence-corrected chi connectivity index (χ4v) is 18.2. The van der Waals surface area contributed by atoms with E-state index in [-0.39, 0.29) is 0 Å². The van der Waals surface area contributed by atoms with E-state index in [1.807, 2.05) is 0 Å². The van der Waals surface area contributed by atoms with Crippen molar-refractivity contribution in [3.05, 3.63) is 564 Å². The van der Waals surface area contributed by atoms with E-state index >= 15 is 0 Å². The van der Waals surface area contributed by atoms with Gasteiger partial charge in [-0.25, -0.2) is 0 Å². The van der Waals surface area contributed by atoms with Gasteiger partial charge in [-0.15, -0.1) is 0 Å². The zero-order valence-electron chi connectivity index (χ0n) is 73.3. The van der Waals surface area contributed by atoms with Crippen molar-refractivity contribution in [2.75, 3.05) is 34.3 Å². The third kappa shape index (κ3) is 17.7. The van der Waals surface area contributed by atoms with Crippen LogP contribution in [0.25, 0.3) is 66.8 Å². The highest BCUT2D eigenvalue weighted by atomic mass is 15.2. The van der Waals surface area contributed by atoms with Gasteiger partial charge in [-0.3, -0.25) is 0 Å². The molecular weight excluding hydrogens is 1610 g/mol. The minimum absolute atomic E-state index is 0.961. The molecule has 133 heavy (non-hydrogen) atoms. The molecule has 0 radical (unpaired) electrons. The maximum atomic E-state index is 2.57. The molecule has 0 aliphatic rings. The van der Waals surface area contributed by atoms with E-state index in [4.69, 9.17) is 0 Å². The SMILES string of the molecule is c1ccc(N(c2ccccc2)c2ccc(-c3ccc(N(c4ccc(-c5ccc(N(c6ccccc6)c6ccccc6)cc5)cc4-c4ccc(N(c5ccccc5)c5ccccc5)cc4)c4ccc(-c5ccc(N(c6ccccc6)c6ccccc6)cc5)cc4-c4ccc(N(c5ccccc5)c5ccccc5)cc4)c(-c4ccc(N(c5ccccc5)c5ccccc5)cc4)c3)cc2)cc1. The Bertz CT molecular complexity index is 6440. The predicted octanol–water partition coefficient (Wildman–Crippen LogP) is 36.0. The summed E-state index contributed by atoms with van der Waals surface area (Å²) in [6.07, 6.45) is 0. The molecular formula is C126H93N7. The Morgan fingerprint density at radius 2 is 0.195 bits per heavy atom. The smallest absolute Gasteiger partial charge is 0.0540 e. The van der Waals surface area contributed by atoms with Crippen molar-refractivity contribution in [2.24, 2.45) is 0 Å². The van der Waals surface area contributed by atoms with Gasteiger partial charge >= 0.3 is 0 Å². The maximum Gasteiger partial charge on any atom is 0.0540 e. The Kier molecular flexibility index (Phi) is 23.7. The average molecular weight is 1710 g/mol. The van der Waals surface area contributed by atoms with Gasteiger partial charge < -0.3 is 34.3 Å². The molecule has 0 unspecified atom stereocenters. The van der Waals surface area contributed by atoms with Gasteiger partial charge in [0.1, 0.15) is 0 Å². The molecule has 7 nitrogen and oxygen atoms in total. The molecule has 0 fully saturated rings. The van der Waals surface area contributed by atoms with Crippen molar-refractivity contribution in [3.63, 3.8) is 0 Å². The molecule has 0 amide bonds. The number of para-hydroxylation sites is 12. The third-order valence-electron chi connectivity index (χ3n) is 24.6. The molecule has 0 saturated carbocycles. The average Bonchev–Trinajstić information content (AvgIpc) is 0.741. The van der Waals surface area contributed by atoms with Crippen LogP contribution in [0.4, 0.5) is 119 Å². The first-order valence-corrected chi connectivity index (χ1v) is 45.3. The van der Waals surface area contributed by atoms with Crippen LogP contribution >= 0.6 is 0 Å². The van der Waals surface area contributed by atoms with Crippen molar-refractivity contribution in [3.8, 4) is 66.8 Å². The Labute approximate surface area is 779 Å². The van der Waals surface area contributed by atoms with Crippen molar-refractivity contribution >= 4 is 119 Å². The zero-order valence-corrected chi connectivity index (χ0v) is 73.3. The highest BCUT2D eigenvalue weighted by Gasteiger charge is 2.29. The van der Waals surface area contributed by atoms with Crippen LogP contribution in [0.3, 0.4) is 0 Å². The lowest BCUT2D eigenvalue weighted by Crippen LogP contribution is -2.14. The molecule has 0 atom stereocenters. The minimum Gasteiger partial charge on any atom is -0.311 e. The Morgan fingerprint density at radius 3 is 0.331 bits per heavy atom. The van der Waals surface area contributed by atoms with E-state index in [0.29, 0.717) is 0 Å². The summed E-state index contributed by atoms with van der Waals surface area (Å²) in [7, 11) is 0. The van der Waals surface area contributed by atoms with E-state index in [0.717, 1.165) is 186 Å². The minimum atomic E-state index is 0.961. The van der Waals surface area contributed by atoms with Crippen LogP contribution in [0.5, 0.6) is 0 Å². The lowest BCUT2D eigenvalue weighted by Gasteiger charge is -2.33. The molecule has 0 aliphatic heterocycles. The first-order chi connectivity index (χ1) is 66.0. The van der Waals surface area contributed by atoms with Gasteiger partial charge in [0, 0.05) is 119 Å². The van der Waals surface area contributed by atoms with Crippen LogP contribution in [0.1, 0.15) is 0 Å². The Balaban J connectivity index is 0.814. The molecule has 21 aromatic carbocycles. The molecule has 0 aromatic heterocycles. The summed E-state index contributed by atoms with van der Waals surface area (Å²) >= 11 is 0. The van der Waals surface area contributed by atoms with Crippen LogP contribution in [0.15, 0.2) is 564 Å². The molecule has 0 saturated heterocycles. The topological polar surface area (TPSA) is 22.7 Å². The van der Waals surface area contributed by atoms with Gasteiger partial charge in [0.25, 0.3) is 0 Å². The number of hydrogen-bond acceptors (Lipinski definition) is 7. The second-order valence-corrected chi connectivity index (χ2v) is 32.9. The summed E-state index contributed by atoms with van der Waals surface area (Å²) in [5, 5.41) is 0. The number of benzene rings is 21. The molecule has 0 spiro atoms. The predicted molar refractivity (Wildman–Crippen MR) is 562 cm³/mol. The fourth-order valence-electron chi connectivity index (χ4n) is 18.2. The number of nitrogens with zero attached hydrogens (tertiary/aromatic N) is 7. The number of hydrogen-bond donors (Lipinski definition) is 0. The van der Waals surface area contributed by atoms with Crippen molar-refractivity contribution < 1.29 is 0 Å². The molecule has 7 heteroatoms. The Hall–Kier alpha value is -17.8. The van der Waals surface area contributed by atoms with E-state index < -0.39 is 0 Å². The van der Waals surface area contributed by atoms with Gasteiger partial charge in [-0.05, 0) is 305 Å². The van der Waals surface area contributed by atoms with Crippen LogP contribution in [-0.2, 0) is 0 Å². The first-order valence-electron chi connectivity index (χ1n) is 45.3. The quantitative estimate of drug-likeness (QED) is 0.0505. The largest absolute Gasteiger partial charge is 0.311 e. The van der Waals surface area contributed by atoms with Gasteiger partial charge in [-0.1, -0.05) is 309 Å². The van der Waals surface area contributed by atoms with Crippen LogP contribution in [-0.4, -0.2) is 0 Å². The lowest BCUT2D eigenvalue weighted by atomic mass is 9.91. The van der Waals surface area contributed by atoms with Gasteiger partial charge in [0.15, 0.2) is 0 Å². The molecule has 0 aliphatic carbocycles. The number of rotatable bonds is 27. The fraction of sp³-hybridized carbons (Fsp3) is 0. The summed E-state index contributed by atoms with van der Waals surface area (Å²) in [6, 6.07) is 204. The summed E-state index contributed by atoms with van der Waals surface area (Å²) in [5.41, 5.74) is 34.3. The van der Waals surface area contributed by atoms with E-state index in [1.54, 1.807) is 0 Å². The molecule has 21 aromatic rings. The van der Waals surface area contributed by atoms with Crippen molar-refractivity contribution in [1.29, 1.82) is 0 Å². The maximum absolute atomic E-state index is 2.57. The highest BCUT2D eigenvalue weighted by Crippen LogP contribution is 2.53. The monoisotopic (exact) mass is 1700 g/mol. The molecule has 0 bridgehead atoms. The number of anilines is 21. The highest BCUT2D eigenvalue weighted by molar-refractivity contribution is 6.02. The third-order valence-corrected chi connectivity index (χ3v) is 24.6. The first kappa shape index (κ1) is 82.2. The summed E-state index contributed by atoms with van der Waals surface area (Å²) in [5.74, 6) is 0. The summed E-state index contributed by atoms with van der Waals surface area (Å²) in [4.78, 5) is 16.6. The second kappa shape index (κ2) is 38.4. The van der Waals surface area contributed by atoms with E-state index in [1.165, 1.54) is 0 Å². The molecule has 0 heterocycles. The van der Waals surface area contributed by atoms with Crippen LogP contribution in [0, 0.1) is 0 Å².